The van der Waals surface area contributed by atoms with Crippen molar-refractivity contribution < 1.29 is 13.5 Å². The summed E-state index contributed by atoms with van der Waals surface area (Å²) >= 11 is 0. The third-order valence-corrected chi connectivity index (χ3v) is 2.74. The zero-order valence-corrected chi connectivity index (χ0v) is 9.86. The van der Waals surface area contributed by atoms with E-state index in [1.54, 1.807) is 18.2 Å². The molecular formula is C14H13F2NO. The van der Waals surface area contributed by atoms with Crippen molar-refractivity contribution in [1.29, 1.82) is 0 Å². The molecule has 1 unspecified atom stereocenters. The third-order valence-electron chi connectivity index (χ3n) is 2.74. The third kappa shape index (κ3) is 2.49. The van der Waals surface area contributed by atoms with Gasteiger partial charge in [-0.15, -0.1) is 0 Å². The Morgan fingerprint density at radius 2 is 1.78 bits per heavy atom. The number of rotatable bonds is 3. The van der Waals surface area contributed by atoms with E-state index in [9.17, 15) is 8.78 Å². The smallest absolute Gasteiger partial charge is 0.165 e. The minimum atomic E-state index is -0.518. The van der Waals surface area contributed by atoms with Crippen molar-refractivity contribution in [1.82, 2.24) is 0 Å². The number of hydrogen-bond donors (Lipinski definition) is 1. The Labute approximate surface area is 104 Å². The highest BCUT2D eigenvalue weighted by Crippen LogP contribution is 2.25. The second-order valence-electron chi connectivity index (χ2n) is 3.93. The monoisotopic (exact) mass is 249 g/mol. The Morgan fingerprint density at radius 3 is 2.44 bits per heavy atom. The maximum Gasteiger partial charge on any atom is 0.165 e. The van der Waals surface area contributed by atoms with Gasteiger partial charge >= 0.3 is 0 Å². The SMILES string of the molecule is COc1cc(C(N)c2cccc(F)c2)ccc1F. The number of ether oxygens (including phenoxy) is 1. The number of hydrogen-bond acceptors (Lipinski definition) is 2. The minimum absolute atomic E-state index is 0.124. The minimum Gasteiger partial charge on any atom is -0.494 e. The van der Waals surface area contributed by atoms with Crippen LogP contribution in [0.25, 0.3) is 0 Å². The summed E-state index contributed by atoms with van der Waals surface area (Å²) in [7, 11) is 1.38. The first-order valence-electron chi connectivity index (χ1n) is 5.46. The molecule has 2 rings (SSSR count). The molecule has 94 valence electrons. The van der Waals surface area contributed by atoms with Crippen LogP contribution in [0.2, 0.25) is 0 Å². The van der Waals surface area contributed by atoms with Crippen LogP contribution in [-0.2, 0) is 0 Å². The lowest BCUT2D eigenvalue weighted by molar-refractivity contribution is 0.385. The fourth-order valence-electron chi connectivity index (χ4n) is 1.76. The second-order valence-corrected chi connectivity index (χ2v) is 3.93. The summed E-state index contributed by atoms with van der Waals surface area (Å²) in [4.78, 5) is 0. The first-order chi connectivity index (χ1) is 8.61. The normalized spacial score (nSPS) is 12.2. The summed E-state index contributed by atoms with van der Waals surface area (Å²) in [6.45, 7) is 0. The number of halogens is 2. The topological polar surface area (TPSA) is 35.2 Å². The van der Waals surface area contributed by atoms with Crippen LogP contribution in [-0.4, -0.2) is 7.11 Å². The van der Waals surface area contributed by atoms with Crippen molar-refractivity contribution in [2.75, 3.05) is 7.11 Å². The summed E-state index contributed by atoms with van der Waals surface area (Å²) in [5.74, 6) is -0.677. The largest absolute Gasteiger partial charge is 0.494 e. The first kappa shape index (κ1) is 12.5. The van der Waals surface area contributed by atoms with Crippen molar-refractivity contribution in [3.05, 3.63) is 65.2 Å². The maximum atomic E-state index is 13.3. The van der Waals surface area contributed by atoms with Crippen LogP contribution in [0.3, 0.4) is 0 Å². The quantitative estimate of drug-likeness (QED) is 0.907. The van der Waals surface area contributed by atoms with E-state index in [4.69, 9.17) is 10.5 Å². The van der Waals surface area contributed by atoms with Crippen LogP contribution in [0.1, 0.15) is 17.2 Å². The van der Waals surface area contributed by atoms with Gasteiger partial charge in [-0.1, -0.05) is 18.2 Å². The van der Waals surface area contributed by atoms with Gasteiger partial charge in [0.15, 0.2) is 11.6 Å². The van der Waals surface area contributed by atoms with Gasteiger partial charge in [0.1, 0.15) is 5.82 Å². The van der Waals surface area contributed by atoms with Gasteiger partial charge in [0.2, 0.25) is 0 Å². The molecule has 2 nitrogen and oxygen atoms in total. The van der Waals surface area contributed by atoms with Gasteiger partial charge in [0.25, 0.3) is 0 Å². The molecule has 0 spiro atoms. The first-order valence-corrected chi connectivity index (χ1v) is 5.46. The number of methoxy groups -OCH3 is 1. The summed E-state index contributed by atoms with van der Waals surface area (Å²) in [5.41, 5.74) is 7.31. The van der Waals surface area contributed by atoms with Crippen molar-refractivity contribution in [2.24, 2.45) is 5.73 Å². The molecule has 18 heavy (non-hydrogen) atoms. The molecule has 0 aromatic heterocycles. The van der Waals surface area contributed by atoms with Crippen molar-refractivity contribution in [3.63, 3.8) is 0 Å². The highest BCUT2D eigenvalue weighted by molar-refractivity contribution is 5.37. The molecule has 0 aliphatic rings. The molecule has 0 fully saturated rings. The Kier molecular flexibility index (Phi) is 3.58. The van der Waals surface area contributed by atoms with E-state index >= 15 is 0 Å². The van der Waals surface area contributed by atoms with Gasteiger partial charge in [0, 0.05) is 0 Å². The Morgan fingerprint density at radius 1 is 1.06 bits per heavy atom. The standard InChI is InChI=1S/C14H13F2NO/c1-18-13-8-10(5-6-12(13)16)14(17)9-3-2-4-11(15)7-9/h2-8,14H,17H2,1H3. The maximum absolute atomic E-state index is 13.3. The van der Waals surface area contributed by atoms with E-state index < -0.39 is 11.9 Å². The molecule has 0 amide bonds. The lowest BCUT2D eigenvalue weighted by Crippen LogP contribution is -2.12. The Hall–Kier alpha value is -1.94. The molecule has 0 saturated heterocycles. The van der Waals surface area contributed by atoms with Gasteiger partial charge in [-0.25, -0.2) is 8.78 Å². The van der Waals surface area contributed by atoms with E-state index in [0.29, 0.717) is 11.1 Å². The van der Waals surface area contributed by atoms with Crippen molar-refractivity contribution in [2.45, 2.75) is 6.04 Å². The summed E-state index contributed by atoms with van der Waals surface area (Å²) in [5, 5.41) is 0. The second kappa shape index (κ2) is 5.14. The summed E-state index contributed by atoms with van der Waals surface area (Å²) in [6, 6.07) is 9.87. The zero-order chi connectivity index (χ0) is 13.1. The van der Waals surface area contributed by atoms with Gasteiger partial charge in [-0.3, -0.25) is 0 Å². The molecule has 0 aliphatic carbocycles. The molecular weight excluding hydrogens is 236 g/mol. The average molecular weight is 249 g/mol. The van der Waals surface area contributed by atoms with Gasteiger partial charge in [-0.2, -0.15) is 0 Å². The van der Waals surface area contributed by atoms with Crippen molar-refractivity contribution >= 4 is 0 Å². The highest BCUT2D eigenvalue weighted by Gasteiger charge is 2.12. The van der Waals surface area contributed by atoms with Crippen LogP contribution in [0, 0.1) is 11.6 Å². The fourth-order valence-corrected chi connectivity index (χ4v) is 1.76. The molecule has 1 atom stereocenters. The lowest BCUT2D eigenvalue weighted by Gasteiger charge is -2.14. The molecule has 2 aromatic carbocycles. The van der Waals surface area contributed by atoms with Gasteiger partial charge < -0.3 is 10.5 Å². The number of benzene rings is 2. The van der Waals surface area contributed by atoms with E-state index in [0.717, 1.165) is 0 Å². The molecule has 0 radical (unpaired) electrons. The Balaban J connectivity index is 2.36. The highest BCUT2D eigenvalue weighted by atomic mass is 19.1. The summed E-state index contributed by atoms with van der Waals surface area (Å²) in [6.07, 6.45) is 0. The summed E-state index contributed by atoms with van der Waals surface area (Å²) < 4.78 is 31.3. The predicted molar refractivity (Wildman–Crippen MR) is 65.4 cm³/mol. The molecule has 0 saturated carbocycles. The van der Waals surface area contributed by atoms with E-state index in [-0.39, 0.29) is 11.6 Å². The van der Waals surface area contributed by atoms with Crippen LogP contribution < -0.4 is 10.5 Å². The van der Waals surface area contributed by atoms with Crippen LogP contribution in [0.15, 0.2) is 42.5 Å². The van der Waals surface area contributed by atoms with E-state index in [1.165, 1.54) is 31.4 Å². The lowest BCUT2D eigenvalue weighted by atomic mass is 9.99. The van der Waals surface area contributed by atoms with Crippen LogP contribution in [0.5, 0.6) is 5.75 Å². The molecule has 2 N–H and O–H groups in total. The average Bonchev–Trinajstić information content (AvgIpc) is 2.38. The molecule has 2 aromatic rings. The molecule has 0 aliphatic heterocycles. The predicted octanol–water partition coefficient (Wildman–Crippen LogP) is 3.02. The fraction of sp³-hybridized carbons (Fsp3) is 0.143. The zero-order valence-electron chi connectivity index (χ0n) is 9.86. The number of nitrogens with two attached hydrogens (primary N) is 1. The van der Waals surface area contributed by atoms with Gasteiger partial charge in [-0.05, 0) is 35.4 Å². The van der Waals surface area contributed by atoms with E-state index in [2.05, 4.69) is 0 Å². The molecule has 4 heteroatoms. The Bertz CT molecular complexity index is 557. The van der Waals surface area contributed by atoms with Gasteiger partial charge in [0.05, 0.1) is 13.2 Å². The van der Waals surface area contributed by atoms with E-state index in [1.807, 2.05) is 0 Å². The van der Waals surface area contributed by atoms with Crippen LogP contribution in [0.4, 0.5) is 8.78 Å². The molecule has 0 heterocycles. The van der Waals surface area contributed by atoms with Crippen LogP contribution >= 0.6 is 0 Å². The molecule has 0 bridgehead atoms. The van der Waals surface area contributed by atoms with Crippen molar-refractivity contribution in [3.8, 4) is 5.75 Å².